The van der Waals surface area contributed by atoms with Gasteiger partial charge in [-0.1, -0.05) is 90.1 Å². The second kappa shape index (κ2) is 8.93. The monoisotopic (exact) mass is 445 g/mol. The first-order chi connectivity index (χ1) is 15.6. The Morgan fingerprint density at radius 3 is 1.94 bits per heavy atom. The fourth-order valence-electron chi connectivity index (χ4n) is 4.29. The van der Waals surface area contributed by atoms with Crippen LogP contribution in [0.3, 0.4) is 0 Å². The lowest BCUT2D eigenvalue weighted by Crippen LogP contribution is -2.36. The molecule has 5 nitrogen and oxygen atoms in total. The molecular formula is C28H35N3O2. The third kappa shape index (κ3) is 5.13. The van der Waals surface area contributed by atoms with E-state index in [0.29, 0.717) is 19.1 Å². The molecule has 4 atom stereocenters. The Hall–Kier alpha value is -2.68. The van der Waals surface area contributed by atoms with Crippen molar-refractivity contribution in [1.82, 2.24) is 5.32 Å². The maximum absolute atomic E-state index is 9.88. The highest BCUT2D eigenvalue weighted by atomic mass is 16.5. The molecule has 0 bridgehead atoms. The summed E-state index contributed by atoms with van der Waals surface area (Å²) < 4.78 is 11.9. The van der Waals surface area contributed by atoms with Gasteiger partial charge in [-0.15, -0.1) is 0 Å². The molecule has 174 valence electrons. The van der Waals surface area contributed by atoms with E-state index >= 15 is 0 Å². The molecule has 2 aliphatic rings. The normalized spacial score (nSPS) is 24.2. The molecule has 1 N–H and O–H groups in total. The zero-order chi connectivity index (χ0) is 23.8. The molecule has 1 saturated heterocycles. The van der Waals surface area contributed by atoms with Gasteiger partial charge in [0.2, 0.25) is 5.90 Å². The number of nitriles is 1. The number of hydrogen-bond acceptors (Lipinski definition) is 5. The molecule has 0 aromatic heterocycles. The van der Waals surface area contributed by atoms with E-state index in [1.165, 1.54) is 11.1 Å². The van der Waals surface area contributed by atoms with Crippen LogP contribution in [0.4, 0.5) is 0 Å². The summed E-state index contributed by atoms with van der Waals surface area (Å²) in [5.74, 6) is -0.119. The average molecular weight is 446 g/mol. The first-order valence-corrected chi connectivity index (χ1v) is 11.7. The van der Waals surface area contributed by atoms with Gasteiger partial charge in [-0.2, -0.15) is 5.26 Å². The summed E-state index contributed by atoms with van der Waals surface area (Å²) in [6.45, 7) is 14.2. The number of rotatable bonds is 4. The van der Waals surface area contributed by atoms with Crippen LogP contribution >= 0.6 is 0 Å². The van der Waals surface area contributed by atoms with Crippen LogP contribution in [0.15, 0.2) is 53.5 Å². The molecule has 5 heteroatoms. The van der Waals surface area contributed by atoms with Crippen LogP contribution in [0.5, 0.6) is 0 Å². The smallest absolute Gasteiger partial charge is 0.206 e. The van der Waals surface area contributed by atoms with Crippen LogP contribution in [0.2, 0.25) is 0 Å². The molecule has 0 saturated carbocycles. The Bertz CT molecular complexity index is 1040. The van der Waals surface area contributed by atoms with Crippen molar-refractivity contribution in [3.63, 3.8) is 0 Å². The first-order valence-electron chi connectivity index (χ1n) is 11.7. The topological polar surface area (TPSA) is 66.6 Å². The van der Waals surface area contributed by atoms with Gasteiger partial charge in [-0.05, 0) is 33.1 Å². The fourth-order valence-corrected chi connectivity index (χ4v) is 4.29. The van der Waals surface area contributed by atoms with Gasteiger partial charge < -0.3 is 9.47 Å². The van der Waals surface area contributed by atoms with Crippen LogP contribution in [0.1, 0.15) is 75.9 Å². The summed E-state index contributed by atoms with van der Waals surface area (Å²) in [5, 5.41) is 13.3. The fraction of sp³-hybridized carbons (Fsp3) is 0.500. The van der Waals surface area contributed by atoms with Gasteiger partial charge in [0.05, 0.1) is 18.7 Å². The van der Waals surface area contributed by atoms with Crippen molar-refractivity contribution < 1.29 is 9.47 Å². The lowest BCUT2D eigenvalue weighted by atomic mass is 9.86. The largest absolute Gasteiger partial charge is 0.477 e. The van der Waals surface area contributed by atoms with E-state index in [1.807, 2.05) is 0 Å². The zero-order valence-electron chi connectivity index (χ0n) is 20.6. The molecule has 0 amide bonds. The van der Waals surface area contributed by atoms with Crippen molar-refractivity contribution in [2.45, 2.75) is 70.7 Å². The number of aliphatic imine (C=N–C) groups is 1. The van der Waals surface area contributed by atoms with Crippen molar-refractivity contribution in [3.05, 3.63) is 70.8 Å². The predicted octanol–water partition coefficient (Wildman–Crippen LogP) is 5.58. The lowest BCUT2D eigenvalue weighted by molar-refractivity contribution is 0.0817. The maximum Gasteiger partial charge on any atom is 0.206 e. The van der Waals surface area contributed by atoms with Crippen molar-refractivity contribution >= 4 is 5.90 Å². The second-order valence-corrected chi connectivity index (χ2v) is 11.1. The number of nitrogens with zero attached hydrogens (tertiary/aromatic N) is 2. The Labute approximate surface area is 197 Å². The van der Waals surface area contributed by atoms with Crippen LogP contribution in [0, 0.1) is 17.2 Å². The van der Waals surface area contributed by atoms with Gasteiger partial charge in [0.15, 0.2) is 5.92 Å². The van der Waals surface area contributed by atoms with Crippen molar-refractivity contribution in [2.24, 2.45) is 10.9 Å². The van der Waals surface area contributed by atoms with Crippen molar-refractivity contribution in [2.75, 3.05) is 13.2 Å². The Morgan fingerprint density at radius 2 is 1.42 bits per heavy atom. The molecule has 2 heterocycles. The van der Waals surface area contributed by atoms with E-state index < -0.39 is 12.1 Å². The van der Waals surface area contributed by atoms with Gasteiger partial charge in [-0.25, -0.2) is 4.99 Å². The number of ether oxygens (including phenoxy) is 2. The minimum Gasteiger partial charge on any atom is -0.477 e. The average Bonchev–Trinajstić information content (AvgIpc) is 3.44. The minimum atomic E-state index is -0.581. The van der Waals surface area contributed by atoms with Gasteiger partial charge in [0, 0.05) is 0 Å². The Morgan fingerprint density at radius 1 is 0.879 bits per heavy atom. The van der Waals surface area contributed by atoms with Crippen molar-refractivity contribution in [1.29, 1.82) is 5.26 Å². The first kappa shape index (κ1) is 23.5. The molecule has 2 unspecified atom stereocenters. The molecule has 2 aliphatic heterocycles. The van der Waals surface area contributed by atoms with Crippen LogP contribution < -0.4 is 5.32 Å². The van der Waals surface area contributed by atoms with Gasteiger partial charge in [0.25, 0.3) is 0 Å². The molecule has 1 fully saturated rings. The van der Waals surface area contributed by atoms with E-state index in [-0.39, 0.29) is 22.9 Å². The highest BCUT2D eigenvalue weighted by molar-refractivity contribution is 5.83. The van der Waals surface area contributed by atoms with Crippen molar-refractivity contribution in [3.8, 4) is 6.07 Å². The SMILES string of the molecule is CC(C)(C)c1ccc([C@H]2COC(C(C#N)C3N[C@@H](c4ccc(C(C)(C)C)cc4)CO3)=N2)cc1. The Kier molecular flexibility index (Phi) is 6.35. The van der Waals surface area contributed by atoms with E-state index in [9.17, 15) is 5.26 Å². The molecule has 0 aliphatic carbocycles. The van der Waals surface area contributed by atoms with Gasteiger partial charge >= 0.3 is 0 Å². The number of benzene rings is 2. The summed E-state index contributed by atoms with van der Waals surface area (Å²) in [4.78, 5) is 4.75. The lowest BCUT2D eigenvalue weighted by Gasteiger charge is -2.20. The standard InChI is InChI=1S/C28H35N3O2/c1-27(2,3)20-11-7-18(8-12-20)23-16-32-25(30-23)22(15-29)26-31-24(17-33-26)19-9-13-21(14-10-19)28(4,5)6/h7-14,22-25,30H,16-17H2,1-6H3/t22?,23-,24-,25?/m1/s1. The van der Waals surface area contributed by atoms with E-state index in [4.69, 9.17) is 14.5 Å². The predicted molar refractivity (Wildman–Crippen MR) is 131 cm³/mol. The molecular weight excluding hydrogens is 410 g/mol. The van der Waals surface area contributed by atoms with Gasteiger partial charge in [0.1, 0.15) is 18.9 Å². The van der Waals surface area contributed by atoms with E-state index in [1.54, 1.807) is 0 Å². The van der Waals surface area contributed by atoms with E-state index in [2.05, 4.69) is 101 Å². The quantitative estimate of drug-likeness (QED) is 0.667. The summed E-state index contributed by atoms with van der Waals surface area (Å²) in [6.07, 6.45) is -0.442. The molecule has 2 aromatic carbocycles. The van der Waals surface area contributed by atoms with Crippen LogP contribution in [0.25, 0.3) is 0 Å². The summed E-state index contributed by atoms with van der Waals surface area (Å²) in [6, 6.07) is 19.5. The highest BCUT2D eigenvalue weighted by Gasteiger charge is 2.38. The molecule has 0 radical (unpaired) electrons. The second-order valence-electron chi connectivity index (χ2n) is 11.1. The van der Waals surface area contributed by atoms with E-state index in [0.717, 1.165) is 11.1 Å². The number of nitrogens with one attached hydrogen (secondary N) is 1. The third-order valence-electron chi connectivity index (χ3n) is 6.53. The number of hydrogen-bond donors (Lipinski definition) is 1. The van der Waals surface area contributed by atoms with Crippen LogP contribution in [-0.4, -0.2) is 25.3 Å². The van der Waals surface area contributed by atoms with Gasteiger partial charge in [-0.3, -0.25) is 5.32 Å². The third-order valence-corrected chi connectivity index (χ3v) is 6.53. The molecule has 2 aromatic rings. The maximum atomic E-state index is 9.88. The zero-order valence-corrected chi connectivity index (χ0v) is 20.6. The highest BCUT2D eigenvalue weighted by Crippen LogP contribution is 2.31. The molecule has 33 heavy (non-hydrogen) atoms. The molecule has 0 spiro atoms. The molecule has 4 rings (SSSR count). The minimum absolute atomic E-state index is 0.0441. The summed E-state index contributed by atoms with van der Waals surface area (Å²) in [5.41, 5.74) is 5.08. The summed E-state index contributed by atoms with van der Waals surface area (Å²) in [7, 11) is 0. The Balaban J connectivity index is 1.43. The van der Waals surface area contributed by atoms with Crippen LogP contribution in [-0.2, 0) is 20.3 Å². The summed E-state index contributed by atoms with van der Waals surface area (Å²) >= 11 is 0.